The SMILES string of the molecule is CCCCOCCOCCNC(=NC)NCc1ccc(N2CCN(CC)CC2)nc1.I. The molecular formula is C22H41IN6O2. The van der Waals surface area contributed by atoms with Gasteiger partial charge >= 0.3 is 0 Å². The first-order valence-electron chi connectivity index (χ1n) is 11.3. The van der Waals surface area contributed by atoms with E-state index in [-0.39, 0.29) is 24.0 Å². The Labute approximate surface area is 205 Å². The number of guanidine groups is 1. The van der Waals surface area contributed by atoms with Crippen molar-refractivity contribution in [2.75, 3.05) is 77.6 Å². The van der Waals surface area contributed by atoms with E-state index in [9.17, 15) is 0 Å². The molecule has 0 saturated carbocycles. The molecule has 0 bridgehead atoms. The van der Waals surface area contributed by atoms with Crippen LogP contribution in [0.3, 0.4) is 0 Å². The lowest BCUT2D eigenvalue weighted by atomic mass is 10.2. The molecule has 1 fully saturated rings. The minimum absolute atomic E-state index is 0. The van der Waals surface area contributed by atoms with Crippen LogP contribution in [-0.4, -0.2) is 88.6 Å². The molecule has 0 aromatic carbocycles. The van der Waals surface area contributed by atoms with Crippen molar-refractivity contribution in [1.82, 2.24) is 20.5 Å². The number of hydrogen-bond acceptors (Lipinski definition) is 6. The van der Waals surface area contributed by atoms with E-state index in [1.807, 2.05) is 6.20 Å². The van der Waals surface area contributed by atoms with E-state index in [0.29, 0.717) is 32.9 Å². The van der Waals surface area contributed by atoms with Gasteiger partial charge in [-0.15, -0.1) is 24.0 Å². The Morgan fingerprint density at radius 2 is 1.77 bits per heavy atom. The number of halogens is 1. The summed E-state index contributed by atoms with van der Waals surface area (Å²) in [5, 5.41) is 6.59. The Kier molecular flexibility index (Phi) is 15.6. The van der Waals surface area contributed by atoms with Crippen LogP contribution >= 0.6 is 24.0 Å². The standard InChI is InChI=1S/C22H40N6O2.HI/c1-4-6-14-29-16-17-30-15-9-24-22(23-3)26-19-20-7-8-21(25-18-20)28-12-10-27(5-2)11-13-28;/h7-8,18H,4-6,9-17,19H2,1-3H3,(H2,23,24,26);1H. The highest BCUT2D eigenvalue weighted by Crippen LogP contribution is 2.14. The molecular weight excluding hydrogens is 507 g/mol. The average molecular weight is 549 g/mol. The van der Waals surface area contributed by atoms with Crippen molar-refractivity contribution in [2.45, 2.75) is 33.2 Å². The van der Waals surface area contributed by atoms with Crippen LogP contribution in [0.5, 0.6) is 0 Å². The largest absolute Gasteiger partial charge is 0.379 e. The quantitative estimate of drug-likeness (QED) is 0.170. The molecule has 1 saturated heterocycles. The molecule has 178 valence electrons. The summed E-state index contributed by atoms with van der Waals surface area (Å²) in [7, 11) is 1.77. The maximum Gasteiger partial charge on any atom is 0.191 e. The van der Waals surface area contributed by atoms with E-state index in [1.165, 1.54) is 0 Å². The van der Waals surface area contributed by atoms with Crippen LogP contribution in [0.25, 0.3) is 0 Å². The van der Waals surface area contributed by atoms with Crippen LogP contribution in [-0.2, 0) is 16.0 Å². The van der Waals surface area contributed by atoms with Crippen LogP contribution in [0.15, 0.2) is 23.3 Å². The van der Waals surface area contributed by atoms with Gasteiger partial charge in [-0.1, -0.05) is 26.3 Å². The number of aliphatic imine (C=N–C) groups is 1. The fourth-order valence-electron chi connectivity index (χ4n) is 3.22. The van der Waals surface area contributed by atoms with E-state index in [2.05, 4.69) is 56.4 Å². The Balaban J connectivity index is 0.00000480. The van der Waals surface area contributed by atoms with Crippen LogP contribution in [0.4, 0.5) is 5.82 Å². The highest BCUT2D eigenvalue weighted by atomic mass is 127. The van der Waals surface area contributed by atoms with Gasteiger partial charge in [-0.25, -0.2) is 4.98 Å². The van der Waals surface area contributed by atoms with E-state index < -0.39 is 0 Å². The predicted octanol–water partition coefficient (Wildman–Crippen LogP) is 2.34. The average Bonchev–Trinajstić information content (AvgIpc) is 2.80. The number of ether oxygens (including phenoxy) is 2. The number of nitrogens with zero attached hydrogens (tertiary/aromatic N) is 4. The van der Waals surface area contributed by atoms with Gasteiger partial charge in [0, 0.05) is 59.1 Å². The minimum Gasteiger partial charge on any atom is -0.379 e. The van der Waals surface area contributed by atoms with Crippen molar-refractivity contribution in [3.63, 3.8) is 0 Å². The zero-order valence-electron chi connectivity index (χ0n) is 19.4. The summed E-state index contributed by atoms with van der Waals surface area (Å²) in [6, 6.07) is 4.25. The molecule has 0 atom stereocenters. The molecule has 0 amide bonds. The molecule has 1 aliphatic rings. The maximum absolute atomic E-state index is 5.57. The van der Waals surface area contributed by atoms with E-state index >= 15 is 0 Å². The van der Waals surface area contributed by atoms with Crippen molar-refractivity contribution in [2.24, 2.45) is 4.99 Å². The molecule has 0 spiro atoms. The summed E-state index contributed by atoms with van der Waals surface area (Å²) < 4.78 is 11.0. The molecule has 2 N–H and O–H groups in total. The molecule has 0 radical (unpaired) electrons. The zero-order valence-corrected chi connectivity index (χ0v) is 21.8. The molecule has 8 nitrogen and oxygen atoms in total. The van der Waals surface area contributed by atoms with E-state index in [0.717, 1.165) is 69.5 Å². The summed E-state index contributed by atoms with van der Waals surface area (Å²) in [4.78, 5) is 13.7. The lowest BCUT2D eigenvalue weighted by molar-refractivity contribution is 0.0487. The minimum atomic E-state index is 0. The molecule has 0 aliphatic carbocycles. The van der Waals surface area contributed by atoms with Crippen LogP contribution in [0.2, 0.25) is 0 Å². The van der Waals surface area contributed by atoms with Gasteiger partial charge in [-0.2, -0.15) is 0 Å². The molecule has 1 aromatic heterocycles. The van der Waals surface area contributed by atoms with Gasteiger partial charge in [0.15, 0.2) is 5.96 Å². The summed E-state index contributed by atoms with van der Waals surface area (Å²) in [6.45, 7) is 13.9. The van der Waals surface area contributed by atoms with Gasteiger partial charge in [-0.05, 0) is 24.6 Å². The van der Waals surface area contributed by atoms with Gasteiger partial charge in [-0.3, -0.25) is 4.99 Å². The fraction of sp³-hybridized carbons (Fsp3) is 0.727. The smallest absolute Gasteiger partial charge is 0.191 e. The van der Waals surface area contributed by atoms with Gasteiger partial charge in [0.25, 0.3) is 0 Å². The number of unbranched alkanes of at least 4 members (excludes halogenated alkanes) is 1. The lowest BCUT2D eigenvalue weighted by Crippen LogP contribution is -2.46. The number of nitrogens with one attached hydrogen (secondary N) is 2. The van der Waals surface area contributed by atoms with Crippen LogP contribution in [0.1, 0.15) is 32.3 Å². The third-order valence-electron chi connectivity index (χ3n) is 5.19. The first-order valence-corrected chi connectivity index (χ1v) is 11.3. The van der Waals surface area contributed by atoms with Crippen molar-refractivity contribution in [3.05, 3.63) is 23.9 Å². The van der Waals surface area contributed by atoms with E-state index in [1.54, 1.807) is 7.05 Å². The predicted molar refractivity (Wildman–Crippen MR) is 139 cm³/mol. The first-order chi connectivity index (χ1) is 14.8. The number of hydrogen-bond donors (Lipinski definition) is 2. The molecule has 2 heterocycles. The number of rotatable bonds is 13. The summed E-state index contributed by atoms with van der Waals surface area (Å²) in [5.74, 6) is 1.82. The molecule has 31 heavy (non-hydrogen) atoms. The van der Waals surface area contributed by atoms with Crippen LogP contribution in [0, 0.1) is 0 Å². The van der Waals surface area contributed by atoms with E-state index in [4.69, 9.17) is 9.47 Å². The number of pyridine rings is 1. The Bertz CT molecular complexity index is 594. The highest BCUT2D eigenvalue weighted by Gasteiger charge is 2.16. The zero-order chi connectivity index (χ0) is 21.4. The van der Waals surface area contributed by atoms with Gasteiger partial charge < -0.3 is 29.9 Å². The van der Waals surface area contributed by atoms with Crippen molar-refractivity contribution in [3.8, 4) is 0 Å². The fourth-order valence-corrected chi connectivity index (χ4v) is 3.22. The van der Waals surface area contributed by atoms with Gasteiger partial charge in [0.05, 0.1) is 19.8 Å². The molecule has 2 rings (SSSR count). The Morgan fingerprint density at radius 1 is 1.03 bits per heavy atom. The molecule has 1 aliphatic heterocycles. The number of anilines is 1. The topological polar surface area (TPSA) is 74.2 Å². The first kappa shape index (κ1) is 27.9. The maximum atomic E-state index is 5.57. The number of likely N-dealkylation sites (N-methyl/N-ethyl adjacent to an activating group) is 1. The normalized spacial score (nSPS) is 14.9. The Morgan fingerprint density at radius 3 is 2.39 bits per heavy atom. The summed E-state index contributed by atoms with van der Waals surface area (Å²) in [5.41, 5.74) is 1.13. The van der Waals surface area contributed by atoms with Crippen molar-refractivity contribution >= 4 is 35.8 Å². The molecule has 1 aromatic rings. The Hall–Kier alpha value is -1.17. The highest BCUT2D eigenvalue weighted by molar-refractivity contribution is 14.0. The second kappa shape index (κ2) is 17.4. The monoisotopic (exact) mass is 548 g/mol. The summed E-state index contributed by atoms with van der Waals surface area (Å²) in [6.07, 6.45) is 4.22. The third kappa shape index (κ3) is 11.3. The molecule has 0 unspecified atom stereocenters. The van der Waals surface area contributed by atoms with Crippen molar-refractivity contribution in [1.29, 1.82) is 0 Å². The van der Waals surface area contributed by atoms with Gasteiger partial charge in [0.1, 0.15) is 5.82 Å². The van der Waals surface area contributed by atoms with Gasteiger partial charge in [0.2, 0.25) is 0 Å². The second-order valence-electron chi connectivity index (χ2n) is 7.38. The second-order valence-corrected chi connectivity index (χ2v) is 7.38. The number of aromatic nitrogens is 1. The molecule has 9 heteroatoms. The van der Waals surface area contributed by atoms with Crippen LogP contribution < -0.4 is 15.5 Å². The lowest BCUT2D eigenvalue weighted by Gasteiger charge is -2.34. The third-order valence-corrected chi connectivity index (χ3v) is 5.19. The van der Waals surface area contributed by atoms with Crippen molar-refractivity contribution < 1.29 is 9.47 Å². The number of piperazine rings is 1. The summed E-state index contributed by atoms with van der Waals surface area (Å²) >= 11 is 0.